The monoisotopic (exact) mass is 182 g/mol. The molecular formula is C12H22O. The lowest BCUT2D eigenvalue weighted by Gasteiger charge is -2.50. The Morgan fingerprint density at radius 1 is 1.15 bits per heavy atom. The first-order valence-corrected chi connectivity index (χ1v) is 5.82. The van der Waals surface area contributed by atoms with Gasteiger partial charge in [-0.25, -0.2) is 0 Å². The number of hydrogen-bond acceptors (Lipinski definition) is 1. The van der Waals surface area contributed by atoms with E-state index in [1.807, 2.05) is 0 Å². The Balaban J connectivity index is 2.17. The van der Waals surface area contributed by atoms with Crippen molar-refractivity contribution < 1.29 is 5.11 Å². The van der Waals surface area contributed by atoms with Gasteiger partial charge in [-0.15, -0.1) is 0 Å². The van der Waals surface area contributed by atoms with Crippen molar-refractivity contribution in [1.29, 1.82) is 0 Å². The van der Waals surface area contributed by atoms with Crippen LogP contribution in [0, 0.1) is 17.3 Å². The van der Waals surface area contributed by atoms with Crippen LogP contribution in [-0.4, -0.2) is 11.2 Å². The van der Waals surface area contributed by atoms with Crippen LogP contribution in [0.15, 0.2) is 0 Å². The Kier molecular flexibility index (Phi) is 2.39. The van der Waals surface area contributed by atoms with Crippen molar-refractivity contribution in [1.82, 2.24) is 0 Å². The highest BCUT2D eigenvalue weighted by Gasteiger charge is 2.46. The molecule has 4 atom stereocenters. The lowest BCUT2D eigenvalue weighted by atomic mass is 9.57. The van der Waals surface area contributed by atoms with E-state index in [1.165, 1.54) is 38.5 Å². The van der Waals surface area contributed by atoms with Gasteiger partial charge >= 0.3 is 0 Å². The van der Waals surface area contributed by atoms with E-state index in [4.69, 9.17) is 0 Å². The lowest BCUT2D eigenvalue weighted by molar-refractivity contribution is -0.0944. The van der Waals surface area contributed by atoms with E-state index >= 15 is 0 Å². The van der Waals surface area contributed by atoms with Crippen molar-refractivity contribution in [3.8, 4) is 0 Å². The van der Waals surface area contributed by atoms with E-state index in [0.29, 0.717) is 5.92 Å². The van der Waals surface area contributed by atoms with E-state index in [1.54, 1.807) is 0 Å². The molecule has 0 saturated heterocycles. The van der Waals surface area contributed by atoms with Crippen LogP contribution < -0.4 is 0 Å². The molecule has 13 heavy (non-hydrogen) atoms. The summed E-state index contributed by atoms with van der Waals surface area (Å²) >= 11 is 0. The van der Waals surface area contributed by atoms with Crippen molar-refractivity contribution in [2.24, 2.45) is 17.3 Å². The van der Waals surface area contributed by atoms with Crippen molar-refractivity contribution in [3.63, 3.8) is 0 Å². The standard InChI is InChI=1S/C12H22O/c1-9-6-7-10-5-3-4-8-12(10,2)11(9)13/h9-11,13H,3-8H2,1-2H3. The number of rotatable bonds is 0. The molecule has 2 aliphatic rings. The summed E-state index contributed by atoms with van der Waals surface area (Å²) in [4.78, 5) is 0. The number of fused-ring (bicyclic) bond motifs is 1. The van der Waals surface area contributed by atoms with Gasteiger partial charge in [0.05, 0.1) is 6.10 Å². The third-order valence-corrected chi connectivity index (χ3v) is 4.64. The van der Waals surface area contributed by atoms with Gasteiger partial charge in [0.2, 0.25) is 0 Å². The molecule has 1 nitrogen and oxygen atoms in total. The summed E-state index contributed by atoms with van der Waals surface area (Å²) in [6, 6.07) is 0. The van der Waals surface area contributed by atoms with Crippen molar-refractivity contribution >= 4 is 0 Å². The predicted molar refractivity (Wildman–Crippen MR) is 54.5 cm³/mol. The van der Waals surface area contributed by atoms with Gasteiger partial charge < -0.3 is 5.11 Å². The summed E-state index contributed by atoms with van der Waals surface area (Å²) in [6.07, 6.45) is 7.89. The Morgan fingerprint density at radius 2 is 1.92 bits per heavy atom. The third kappa shape index (κ3) is 1.41. The van der Waals surface area contributed by atoms with Gasteiger partial charge in [-0.3, -0.25) is 0 Å². The zero-order valence-electron chi connectivity index (χ0n) is 8.92. The molecule has 4 unspecified atom stereocenters. The molecule has 0 aromatic heterocycles. The first-order chi connectivity index (χ1) is 6.14. The topological polar surface area (TPSA) is 20.2 Å². The van der Waals surface area contributed by atoms with Crippen LogP contribution >= 0.6 is 0 Å². The minimum absolute atomic E-state index is 0.0356. The first-order valence-electron chi connectivity index (χ1n) is 5.82. The molecule has 0 aromatic carbocycles. The molecule has 0 spiro atoms. The molecule has 76 valence electrons. The smallest absolute Gasteiger partial charge is 0.0621 e. The summed E-state index contributed by atoms with van der Waals surface area (Å²) in [5.41, 5.74) is 0.260. The largest absolute Gasteiger partial charge is 0.392 e. The molecule has 0 heterocycles. The van der Waals surface area contributed by atoms with Crippen LogP contribution in [0.25, 0.3) is 0 Å². The molecule has 0 amide bonds. The highest BCUT2D eigenvalue weighted by molar-refractivity contribution is 4.97. The number of aliphatic hydroxyl groups excluding tert-OH is 1. The molecule has 2 rings (SSSR count). The second-order valence-electron chi connectivity index (χ2n) is 5.45. The summed E-state index contributed by atoms with van der Waals surface area (Å²) < 4.78 is 0. The normalized spacial score (nSPS) is 51.5. The summed E-state index contributed by atoms with van der Waals surface area (Å²) in [6.45, 7) is 4.53. The molecule has 0 bridgehead atoms. The molecule has 1 N–H and O–H groups in total. The molecule has 2 fully saturated rings. The summed E-state index contributed by atoms with van der Waals surface area (Å²) in [7, 11) is 0. The Hall–Kier alpha value is -0.0400. The average Bonchev–Trinajstić information content (AvgIpc) is 2.13. The Bertz CT molecular complexity index is 186. The zero-order valence-corrected chi connectivity index (χ0v) is 8.92. The SMILES string of the molecule is CC1CCC2CCCCC2(C)C1O. The zero-order chi connectivity index (χ0) is 9.47. The van der Waals surface area contributed by atoms with Gasteiger partial charge in [0.25, 0.3) is 0 Å². The second kappa shape index (κ2) is 3.27. The minimum atomic E-state index is -0.0356. The highest BCUT2D eigenvalue weighted by atomic mass is 16.3. The Labute approximate surface area is 81.5 Å². The minimum Gasteiger partial charge on any atom is -0.392 e. The summed E-state index contributed by atoms with van der Waals surface area (Å²) in [5, 5.41) is 10.2. The second-order valence-corrected chi connectivity index (χ2v) is 5.45. The van der Waals surface area contributed by atoms with Gasteiger partial charge in [-0.2, -0.15) is 0 Å². The maximum Gasteiger partial charge on any atom is 0.0621 e. The third-order valence-electron chi connectivity index (χ3n) is 4.64. The predicted octanol–water partition coefficient (Wildman–Crippen LogP) is 2.97. The number of hydrogen-bond donors (Lipinski definition) is 1. The first kappa shape index (κ1) is 9.51. The average molecular weight is 182 g/mol. The molecule has 2 saturated carbocycles. The van der Waals surface area contributed by atoms with E-state index in [0.717, 1.165) is 5.92 Å². The maximum absolute atomic E-state index is 10.2. The van der Waals surface area contributed by atoms with Crippen LogP contribution in [0.5, 0.6) is 0 Å². The van der Waals surface area contributed by atoms with Gasteiger partial charge in [-0.1, -0.05) is 26.7 Å². The van der Waals surface area contributed by atoms with Crippen LogP contribution in [-0.2, 0) is 0 Å². The highest BCUT2D eigenvalue weighted by Crippen LogP contribution is 2.51. The fraction of sp³-hybridized carbons (Fsp3) is 1.00. The van der Waals surface area contributed by atoms with Gasteiger partial charge in [0, 0.05) is 0 Å². The molecule has 0 aromatic rings. The molecule has 2 aliphatic carbocycles. The Morgan fingerprint density at radius 3 is 2.69 bits per heavy atom. The van der Waals surface area contributed by atoms with E-state index in [9.17, 15) is 5.11 Å². The fourth-order valence-electron chi connectivity index (χ4n) is 3.57. The van der Waals surface area contributed by atoms with Gasteiger partial charge in [-0.05, 0) is 42.9 Å². The molecule has 1 heteroatoms. The molecule has 0 aliphatic heterocycles. The van der Waals surface area contributed by atoms with Crippen LogP contribution in [0.2, 0.25) is 0 Å². The van der Waals surface area contributed by atoms with Gasteiger partial charge in [0.1, 0.15) is 0 Å². The van der Waals surface area contributed by atoms with Crippen molar-refractivity contribution in [2.75, 3.05) is 0 Å². The lowest BCUT2D eigenvalue weighted by Crippen LogP contribution is -2.48. The van der Waals surface area contributed by atoms with E-state index < -0.39 is 0 Å². The van der Waals surface area contributed by atoms with Crippen molar-refractivity contribution in [2.45, 2.75) is 58.5 Å². The number of aliphatic hydroxyl groups is 1. The van der Waals surface area contributed by atoms with E-state index in [-0.39, 0.29) is 11.5 Å². The van der Waals surface area contributed by atoms with E-state index in [2.05, 4.69) is 13.8 Å². The quantitative estimate of drug-likeness (QED) is 0.610. The molecule has 0 radical (unpaired) electrons. The summed E-state index contributed by atoms with van der Waals surface area (Å²) in [5.74, 6) is 1.34. The molecular weight excluding hydrogens is 160 g/mol. The fourth-order valence-corrected chi connectivity index (χ4v) is 3.57. The van der Waals surface area contributed by atoms with Crippen LogP contribution in [0.4, 0.5) is 0 Å². The maximum atomic E-state index is 10.2. The van der Waals surface area contributed by atoms with Crippen LogP contribution in [0.3, 0.4) is 0 Å². The van der Waals surface area contributed by atoms with Crippen molar-refractivity contribution in [3.05, 3.63) is 0 Å². The van der Waals surface area contributed by atoms with Crippen LogP contribution in [0.1, 0.15) is 52.4 Å². The van der Waals surface area contributed by atoms with Gasteiger partial charge in [0.15, 0.2) is 0 Å².